The summed E-state index contributed by atoms with van der Waals surface area (Å²) in [5.74, 6) is 0. The Morgan fingerprint density at radius 3 is 2.80 bits per heavy atom. The lowest BCUT2D eigenvalue weighted by atomic mass is 10.2. The Labute approximate surface area is 98.8 Å². The number of aliphatic hydroxyl groups excluding tert-OH is 1. The molecule has 0 saturated carbocycles. The lowest BCUT2D eigenvalue weighted by Gasteiger charge is -2.19. The second-order valence-electron chi connectivity index (χ2n) is 3.86. The summed E-state index contributed by atoms with van der Waals surface area (Å²) in [5, 5.41) is 16.4. The van der Waals surface area contributed by atoms with E-state index in [0.29, 0.717) is 12.1 Å². The van der Waals surface area contributed by atoms with Crippen LogP contribution in [0.3, 0.4) is 0 Å². The maximum absolute atomic E-state index is 8.78. The minimum atomic E-state index is 0.230. The van der Waals surface area contributed by atoms with E-state index in [0.717, 1.165) is 17.4 Å². The predicted octanol–water partition coefficient (Wildman–Crippen LogP) is 1.39. The first-order valence-corrected chi connectivity index (χ1v) is 5.96. The zero-order valence-electron chi connectivity index (χ0n) is 9.15. The summed E-state index contributed by atoms with van der Waals surface area (Å²) in [7, 11) is 0. The highest BCUT2D eigenvalue weighted by atomic mass is 79.9. The van der Waals surface area contributed by atoms with Gasteiger partial charge in [-0.1, -0.05) is 0 Å². The van der Waals surface area contributed by atoms with Crippen LogP contribution in [0.1, 0.15) is 20.3 Å². The standard InChI is InChI=1S/C10H18BrN3O/c1-8(3-4-15)13-9(2)6-14-7-10(11)5-12-14/h5,7-9,13,15H,3-4,6H2,1-2H3. The van der Waals surface area contributed by atoms with E-state index in [4.69, 9.17) is 5.11 Å². The zero-order chi connectivity index (χ0) is 11.3. The first-order valence-electron chi connectivity index (χ1n) is 5.16. The van der Waals surface area contributed by atoms with E-state index in [1.165, 1.54) is 0 Å². The quantitative estimate of drug-likeness (QED) is 0.825. The lowest BCUT2D eigenvalue weighted by molar-refractivity contribution is 0.261. The summed E-state index contributed by atoms with van der Waals surface area (Å²) in [4.78, 5) is 0. The van der Waals surface area contributed by atoms with E-state index in [9.17, 15) is 0 Å². The average molecular weight is 276 g/mol. The van der Waals surface area contributed by atoms with Crippen molar-refractivity contribution in [1.29, 1.82) is 0 Å². The number of rotatable bonds is 6. The van der Waals surface area contributed by atoms with Gasteiger partial charge >= 0.3 is 0 Å². The third-order valence-corrected chi connectivity index (χ3v) is 2.60. The van der Waals surface area contributed by atoms with Crippen molar-refractivity contribution in [2.45, 2.75) is 38.9 Å². The Bertz CT molecular complexity index is 290. The van der Waals surface area contributed by atoms with Crippen LogP contribution in [0.25, 0.3) is 0 Å². The van der Waals surface area contributed by atoms with Crippen molar-refractivity contribution in [2.24, 2.45) is 0 Å². The van der Waals surface area contributed by atoms with E-state index in [1.807, 2.05) is 10.9 Å². The number of nitrogens with one attached hydrogen (secondary N) is 1. The van der Waals surface area contributed by atoms with Gasteiger partial charge in [-0.05, 0) is 36.2 Å². The Kier molecular flexibility index (Phi) is 5.28. The smallest absolute Gasteiger partial charge is 0.0632 e. The number of hydrogen-bond donors (Lipinski definition) is 2. The van der Waals surface area contributed by atoms with Gasteiger partial charge in [0.2, 0.25) is 0 Å². The van der Waals surface area contributed by atoms with Crippen molar-refractivity contribution in [3.63, 3.8) is 0 Å². The second kappa shape index (κ2) is 6.25. The van der Waals surface area contributed by atoms with Crippen molar-refractivity contribution in [3.05, 3.63) is 16.9 Å². The van der Waals surface area contributed by atoms with Crippen molar-refractivity contribution < 1.29 is 5.11 Å². The van der Waals surface area contributed by atoms with Crippen LogP contribution in [0.15, 0.2) is 16.9 Å². The summed E-state index contributed by atoms with van der Waals surface area (Å²) in [6, 6.07) is 0.683. The average Bonchev–Trinajstić information content (AvgIpc) is 2.51. The summed E-state index contributed by atoms with van der Waals surface area (Å²) in [6.45, 7) is 5.25. The molecule has 0 radical (unpaired) electrons. The molecule has 0 aromatic carbocycles. The summed E-state index contributed by atoms with van der Waals surface area (Å²) < 4.78 is 2.89. The largest absolute Gasteiger partial charge is 0.396 e. The third-order valence-electron chi connectivity index (χ3n) is 2.19. The Balaban J connectivity index is 2.32. The van der Waals surface area contributed by atoms with Gasteiger partial charge in [0.1, 0.15) is 0 Å². The molecule has 4 nitrogen and oxygen atoms in total. The highest BCUT2D eigenvalue weighted by Gasteiger charge is 2.07. The van der Waals surface area contributed by atoms with Crippen LogP contribution in [0.2, 0.25) is 0 Å². The monoisotopic (exact) mass is 275 g/mol. The van der Waals surface area contributed by atoms with E-state index in [2.05, 4.69) is 40.2 Å². The minimum Gasteiger partial charge on any atom is -0.396 e. The van der Waals surface area contributed by atoms with E-state index < -0.39 is 0 Å². The first-order chi connectivity index (χ1) is 7.11. The topological polar surface area (TPSA) is 50.1 Å². The van der Waals surface area contributed by atoms with Gasteiger partial charge in [-0.25, -0.2) is 0 Å². The fourth-order valence-corrected chi connectivity index (χ4v) is 1.86. The van der Waals surface area contributed by atoms with Crippen molar-refractivity contribution in [1.82, 2.24) is 15.1 Å². The number of aliphatic hydroxyl groups is 1. The van der Waals surface area contributed by atoms with Gasteiger partial charge in [0.15, 0.2) is 0 Å². The van der Waals surface area contributed by atoms with Gasteiger partial charge < -0.3 is 10.4 Å². The van der Waals surface area contributed by atoms with Crippen molar-refractivity contribution in [3.8, 4) is 0 Å². The maximum Gasteiger partial charge on any atom is 0.0632 e. The Hall–Kier alpha value is -0.390. The third kappa shape index (κ3) is 4.77. The van der Waals surface area contributed by atoms with E-state index in [-0.39, 0.29) is 6.61 Å². The number of nitrogens with zero attached hydrogens (tertiary/aromatic N) is 2. The molecule has 0 saturated heterocycles. The molecular weight excluding hydrogens is 258 g/mol. The molecule has 0 aliphatic carbocycles. The second-order valence-corrected chi connectivity index (χ2v) is 4.78. The molecule has 0 aliphatic rings. The number of hydrogen-bond acceptors (Lipinski definition) is 3. The van der Waals surface area contributed by atoms with Crippen LogP contribution >= 0.6 is 15.9 Å². The molecule has 0 aliphatic heterocycles. The molecule has 0 bridgehead atoms. The lowest BCUT2D eigenvalue weighted by Crippen LogP contribution is -2.37. The maximum atomic E-state index is 8.78. The molecule has 2 atom stereocenters. The zero-order valence-corrected chi connectivity index (χ0v) is 10.7. The van der Waals surface area contributed by atoms with Crippen LogP contribution in [0, 0.1) is 0 Å². The summed E-state index contributed by atoms with van der Waals surface area (Å²) >= 11 is 3.36. The molecular formula is C10H18BrN3O. The molecule has 1 heterocycles. The van der Waals surface area contributed by atoms with Crippen LogP contribution < -0.4 is 5.32 Å². The first kappa shape index (κ1) is 12.7. The van der Waals surface area contributed by atoms with Gasteiger partial charge in [-0.2, -0.15) is 5.10 Å². The molecule has 1 rings (SSSR count). The summed E-state index contributed by atoms with van der Waals surface area (Å²) in [6.07, 6.45) is 4.52. The molecule has 2 unspecified atom stereocenters. The molecule has 5 heteroatoms. The van der Waals surface area contributed by atoms with Gasteiger partial charge in [-0.3, -0.25) is 4.68 Å². The minimum absolute atomic E-state index is 0.230. The normalized spacial score (nSPS) is 15.2. The fourth-order valence-electron chi connectivity index (χ4n) is 1.53. The van der Waals surface area contributed by atoms with Crippen LogP contribution in [0.5, 0.6) is 0 Å². The Morgan fingerprint density at radius 2 is 2.27 bits per heavy atom. The van der Waals surface area contributed by atoms with Gasteiger partial charge in [0.05, 0.1) is 17.2 Å². The molecule has 1 aromatic rings. The number of aromatic nitrogens is 2. The molecule has 0 fully saturated rings. The highest BCUT2D eigenvalue weighted by molar-refractivity contribution is 9.10. The van der Waals surface area contributed by atoms with Crippen LogP contribution in [0.4, 0.5) is 0 Å². The molecule has 0 spiro atoms. The van der Waals surface area contributed by atoms with Gasteiger partial charge in [-0.15, -0.1) is 0 Å². The fraction of sp³-hybridized carbons (Fsp3) is 0.700. The van der Waals surface area contributed by atoms with Gasteiger partial charge in [0, 0.05) is 24.9 Å². The molecule has 2 N–H and O–H groups in total. The SMILES string of the molecule is CC(CCO)NC(C)Cn1cc(Br)cn1. The molecule has 1 aromatic heterocycles. The van der Waals surface area contributed by atoms with E-state index in [1.54, 1.807) is 6.20 Å². The van der Waals surface area contributed by atoms with Gasteiger partial charge in [0.25, 0.3) is 0 Å². The molecule has 15 heavy (non-hydrogen) atoms. The Morgan fingerprint density at radius 1 is 1.53 bits per heavy atom. The highest BCUT2D eigenvalue weighted by Crippen LogP contribution is 2.06. The molecule has 0 amide bonds. The number of halogens is 1. The van der Waals surface area contributed by atoms with Crippen molar-refractivity contribution >= 4 is 15.9 Å². The van der Waals surface area contributed by atoms with Crippen LogP contribution in [-0.4, -0.2) is 33.6 Å². The molecule has 86 valence electrons. The van der Waals surface area contributed by atoms with Crippen molar-refractivity contribution in [2.75, 3.05) is 6.61 Å². The van der Waals surface area contributed by atoms with Crippen LogP contribution in [-0.2, 0) is 6.54 Å². The predicted molar refractivity (Wildman–Crippen MR) is 63.7 cm³/mol. The summed E-state index contributed by atoms with van der Waals surface area (Å²) in [5.41, 5.74) is 0. The van der Waals surface area contributed by atoms with E-state index >= 15 is 0 Å².